The fourth-order valence-electron chi connectivity index (χ4n) is 3.32. The summed E-state index contributed by atoms with van der Waals surface area (Å²) in [6.07, 6.45) is -0.701. The molecule has 1 rings (SSSR count). The van der Waals surface area contributed by atoms with Gasteiger partial charge in [0.2, 0.25) is 0 Å². The van der Waals surface area contributed by atoms with Crippen molar-refractivity contribution in [3.8, 4) is 12.3 Å². The summed E-state index contributed by atoms with van der Waals surface area (Å²) >= 11 is 0. The van der Waals surface area contributed by atoms with Crippen LogP contribution >= 0.6 is 0 Å². The van der Waals surface area contributed by atoms with Gasteiger partial charge < -0.3 is 32.9 Å². The quantitative estimate of drug-likeness (QED) is 0.141. The second kappa shape index (κ2) is 12.3. The molecular weight excluding hydrogens is 438 g/mol. The van der Waals surface area contributed by atoms with E-state index in [2.05, 4.69) is 12.5 Å². The maximum atomic E-state index is 12.5. The number of likely N-dealkylation sites (N-methyl/N-ethyl adjacent to an activating group) is 1. The highest BCUT2D eigenvalue weighted by atomic mass is 16.7. The minimum atomic E-state index is -1.27. The van der Waals surface area contributed by atoms with Gasteiger partial charge >= 0.3 is 23.9 Å². The number of nitrogens with zero attached hydrogens (tertiary/aromatic N) is 1. The van der Waals surface area contributed by atoms with E-state index in [1.54, 1.807) is 0 Å². The monoisotopic (exact) mass is 470 g/mol. The van der Waals surface area contributed by atoms with E-state index < -0.39 is 54.6 Å². The number of hydrogen-bond acceptors (Lipinski definition) is 10. The van der Waals surface area contributed by atoms with Gasteiger partial charge in [0.1, 0.15) is 25.8 Å². The highest BCUT2D eigenvalue weighted by Crippen LogP contribution is 2.29. The summed E-state index contributed by atoms with van der Waals surface area (Å²) in [7, 11) is 4.96. The van der Waals surface area contributed by atoms with Crippen LogP contribution in [-0.4, -0.2) is 100.0 Å². The van der Waals surface area contributed by atoms with Gasteiger partial charge in [-0.1, -0.05) is 6.58 Å². The first-order valence-electron chi connectivity index (χ1n) is 10.1. The highest BCUT2D eigenvalue weighted by molar-refractivity contribution is 5.88. The fourth-order valence-corrected chi connectivity index (χ4v) is 3.32. The molecule has 1 heterocycles. The van der Waals surface area contributed by atoms with E-state index in [4.69, 9.17) is 34.8 Å². The number of carbonyl (C=O) groups excluding carboxylic acids is 4. The second-order valence-corrected chi connectivity index (χ2v) is 8.16. The Morgan fingerprint density at radius 3 is 1.97 bits per heavy atom. The number of ether oxygens (including phenoxy) is 6. The van der Waals surface area contributed by atoms with Gasteiger partial charge in [0.25, 0.3) is 0 Å². The molecule has 0 aliphatic carbocycles. The van der Waals surface area contributed by atoms with Crippen LogP contribution in [0.5, 0.6) is 0 Å². The van der Waals surface area contributed by atoms with Crippen molar-refractivity contribution in [1.82, 2.24) is 0 Å². The van der Waals surface area contributed by atoms with Crippen LogP contribution in [0.1, 0.15) is 20.8 Å². The minimum Gasteiger partial charge on any atom is -0.459 e. The average Bonchev–Trinajstić information content (AvgIpc) is 2.67. The molecule has 0 aromatic carbocycles. The zero-order chi connectivity index (χ0) is 25.3. The van der Waals surface area contributed by atoms with Crippen LogP contribution in [0, 0.1) is 12.3 Å². The number of hydrogen-bond donors (Lipinski definition) is 0. The van der Waals surface area contributed by atoms with E-state index in [0.29, 0.717) is 11.0 Å². The minimum absolute atomic E-state index is 0.174. The summed E-state index contributed by atoms with van der Waals surface area (Å²) in [5.74, 6) is -0.307. The van der Waals surface area contributed by atoms with Crippen molar-refractivity contribution in [1.29, 1.82) is 0 Å². The normalized spacial score (nSPS) is 24.7. The lowest BCUT2D eigenvalue weighted by molar-refractivity contribution is -0.878. The van der Waals surface area contributed by atoms with Crippen molar-refractivity contribution in [3.63, 3.8) is 0 Å². The van der Waals surface area contributed by atoms with Crippen molar-refractivity contribution in [3.05, 3.63) is 12.2 Å². The lowest BCUT2D eigenvalue weighted by atomic mass is 9.98. The summed E-state index contributed by atoms with van der Waals surface area (Å²) in [6, 6.07) is 0. The van der Waals surface area contributed by atoms with Gasteiger partial charge in [-0.05, 0) is 5.92 Å². The SMILES string of the molecule is C#CC[N+](C)(C)CC(=C)C(=O)OC[C@H]1O[C@H](OC)[C@H](OC(C)=O)[C@@H](OC(C)=O)[C@@H]1OC(C)=O. The molecule has 0 aromatic heterocycles. The van der Waals surface area contributed by atoms with E-state index in [-0.39, 0.29) is 18.7 Å². The first-order valence-corrected chi connectivity index (χ1v) is 10.1. The molecule has 0 N–H and O–H groups in total. The third kappa shape index (κ3) is 8.84. The van der Waals surface area contributed by atoms with E-state index in [0.717, 1.165) is 20.8 Å². The molecule has 0 amide bonds. The lowest BCUT2D eigenvalue weighted by Gasteiger charge is -2.43. The molecule has 11 nitrogen and oxygen atoms in total. The van der Waals surface area contributed by atoms with Gasteiger partial charge in [-0.2, -0.15) is 0 Å². The van der Waals surface area contributed by atoms with Crippen molar-refractivity contribution < 1.29 is 52.1 Å². The van der Waals surface area contributed by atoms with E-state index in [9.17, 15) is 19.2 Å². The Bertz CT molecular complexity index is 799. The fraction of sp³-hybridized carbons (Fsp3) is 0.636. The molecule has 33 heavy (non-hydrogen) atoms. The average molecular weight is 470 g/mol. The number of terminal acetylenes is 1. The van der Waals surface area contributed by atoms with Crippen LogP contribution in [0.2, 0.25) is 0 Å². The summed E-state index contributed by atoms with van der Waals surface area (Å²) in [4.78, 5) is 47.5. The molecule has 11 heteroatoms. The summed E-state index contributed by atoms with van der Waals surface area (Å²) in [5, 5.41) is 0. The largest absolute Gasteiger partial charge is 0.459 e. The number of methoxy groups -OCH3 is 1. The van der Waals surface area contributed by atoms with Crippen molar-refractivity contribution in [2.45, 2.75) is 51.5 Å². The zero-order valence-electron chi connectivity index (χ0n) is 19.8. The molecule has 1 saturated heterocycles. The Balaban J connectivity index is 3.08. The standard InChI is InChI=1S/C22H32NO10/c1-9-10-23(6,7)11-13(2)21(27)29-12-17-18(30-14(3)24)19(31-15(4)25)20(32-16(5)26)22(28-8)33-17/h1,17-20,22H,2,10-12H2,3-8H3/q+1/t17-,18-,19+,20-,22+/m1/s1. The molecule has 0 unspecified atom stereocenters. The first kappa shape index (κ1) is 28.1. The van der Waals surface area contributed by atoms with E-state index in [1.165, 1.54) is 7.11 Å². The van der Waals surface area contributed by atoms with Gasteiger partial charge in [0.05, 0.1) is 19.7 Å². The van der Waals surface area contributed by atoms with Gasteiger partial charge in [0, 0.05) is 27.9 Å². The van der Waals surface area contributed by atoms with Crippen LogP contribution < -0.4 is 0 Å². The summed E-state index contributed by atoms with van der Waals surface area (Å²) in [5.41, 5.74) is 0.174. The third-order valence-electron chi connectivity index (χ3n) is 4.54. The summed E-state index contributed by atoms with van der Waals surface area (Å²) < 4.78 is 32.4. The molecule has 5 atom stereocenters. The van der Waals surface area contributed by atoms with Crippen LogP contribution in [0.3, 0.4) is 0 Å². The molecule has 0 bridgehead atoms. The molecular formula is C22H32NO10+. The Kier molecular flexibility index (Phi) is 10.5. The van der Waals surface area contributed by atoms with E-state index >= 15 is 0 Å². The van der Waals surface area contributed by atoms with Crippen molar-refractivity contribution >= 4 is 23.9 Å². The smallest absolute Gasteiger partial charge is 0.339 e. The summed E-state index contributed by atoms with van der Waals surface area (Å²) in [6.45, 7) is 7.42. The predicted molar refractivity (Wildman–Crippen MR) is 113 cm³/mol. The maximum Gasteiger partial charge on any atom is 0.339 e. The van der Waals surface area contributed by atoms with Crippen LogP contribution in [0.15, 0.2) is 12.2 Å². The van der Waals surface area contributed by atoms with Crippen molar-refractivity contribution in [2.75, 3.05) is 40.9 Å². The van der Waals surface area contributed by atoms with Gasteiger partial charge in [-0.3, -0.25) is 14.4 Å². The number of carbonyl (C=O) groups is 4. The van der Waals surface area contributed by atoms with E-state index in [1.807, 2.05) is 14.1 Å². The molecule has 1 aliphatic heterocycles. The first-order chi connectivity index (χ1) is 15.3. The maximum absolute atomic E-state index is 12.5. The molecule has 184 valence electrons. The topological polar surface area (TPSA) is 124 Å². The Labute approximate surface area is 193 Å². The van der Waals surface area contributed by atoms with Crippen LogP contribution in [-0.2, 0) is 47.6 Å². The highest BCUT2D eigenvalue weighted by Gasteiger charge is 2.52. The van der Waals surface area contributed by atoms with Crippen LogP contribution in [0.25, 0.3) is 0 Å². The second-order valence-electron chi connectivity index (χ2n) is 8.16. The molecule has 0 saturated carbocycles. The Morgan fingerprint density at radius 2 is 1.48 bits per heavy atom. The number of esters is 4. The Hall–Kier alpha value is -2.94. The molecule has 1 aliphatic rings. The van der Waals surface area contributed by atoms with Gasteiger partial charge in [-0.25, -0.2) is 4.79 Å². The predicted octanol–water partition coefficient (Wildman–Crippen LogP) is -0.0382. The third-order valence-corrected chi connectivity index (χ3v) is 4.54. The van der Waals surface area contributed by atoms with Gasteiger partial charge in [-0.15, -0.1) is 6.42 Å². The molecule has 0 aromatic rings. The Morgan fingerprint density at radius 1 is 0.970 bits per heavy atom. The van der Waals surface area contributed by atoms with Crippen molar-refractivity contribution in [2.24, 2.45) is 0 Å². The lowest BCUT2D eigenvalue weighted by Crippen LogP contribution is -2.62. The number of quaternary nitrogens is 1. The number of rotatable bonds is 10. The van der Waals surface area contributed by atoms with Gasteiger partial charge in [0.15, 0.2) is 24.6 Å². The zero-order valence-corrected chi connectivity index (χ0v) is 19.8. The van der Waals surface area contributed by atoms with Crippen LogP contribution in [0.4, 0.5) is 0 Å². The molecule has 0 radical (unpaired) electrons. The molecule has 0 spiro atoms. The molecule has 1 fully saturated rings.